The van der Waals surface area contributed by atoms with E-state index in [1.54, 1.807) is 0 Å². The van der Waals surface area contributed by atoms with Crippen LogP contribution in [-0.2, 0) is 4.79 Å². The van der Waals surface area contributed by atoms with Gasteiger partial charge in [-0.1, -0.05) is 6.42 Å². The number of nitrogens with one attached hydrogen (secondary N) is 2. The van der Waals surface area contributed by atoms with Gasteiger partial charge in [0.15, 0.2) is 0 Å². The van der Waals surface area contributed by atoms with Crippen molar-refractivity contribution >= 4 is 5.91 Å². The molecule has 4 heteroatoms. The van der Waals surface area contributed by atoms with Gasteiger partial charge in [0, 0.05) is 13.0 Å². The molecule has 1 rings (SSSR count). The number of rotatable bonds is 5. The fraction of sp³-hybridized carbons (Fsp3) is 0.818. The van der Waals surface area contributed by atoms with Crippen LogP contribution in [0.15, 0.2) is 0 Å². The second-order valence-electron chi connectivity index (χ2n) is 3.91. The Morgan fingerprint density at radius 2 is 2.33 bits per heavy atom. The molecule has 1 saturated heterocycles. The van der Waals surface area contributed by atoms with Crippen LogP contribution in [0.2, 0.25) is 0 Å². The van der Waals surface area contributed by atoms with Crippen molar-refractivity contribution in [3.05, 3.63) is 0 Å². The zero-order chi connectivity index (χ0) is 10.9. The molecule has 1 atom stereocenters. The van der Waals surface area contributed by atoms with Gasteiger partial charge in [0.25, 0.3) is 0 Å². The molecule has 0 aliphatic carbocycles. The van der Waals surface area contributed by atoms with Crippen molar-refractivity contribution in [1.29, 1.82) is 5.26 Å². The van der Waals surface area contributed by atoms with Crippen LogP contribution in [0.5, 0.6) is 0 Å². The van der Waals surface area contributed by atoms with Gasteiger partial charge in [0.05, 0.1) is 12.1 Å². The minimum atomic E-state index is 0.00900. The molecule has 0 aromatic heterocycles. The van der Waals surface area contributed by atoms with E-state index in [0.717, 1.165) is 32.2 Å². The normalized spacial score (nSPS) is 20.6. The lowest BCUT2D eigenvalue weighted by Crippen LogP contribution is -2.46. The highest BCUT2D eigenvalue weighted by Crippen LogP contribution is 2.06. The summed E-state index contributed by atoms with van der Waals surface area (Å²) in [6.45, 7) is 1.64. The Morgan fingerprint density at radius 1 is 1.47 bits per heavy atom. The molecular weight excluding hydrogens is 190 g/mol. The molecule has 0 unspecified atom stereocenters. The van der Waals surface area contributed by atoms with Crippen molar-refractivity contribution < 1.29 is 4.79 Å². The van der Waals surface area contributed by atoms with Crippen LogP contribution in [0.4, 0.5) is 0 Å². The van der Waals surface area contributed by atoms with E-state index in [-0.39, 0.29) is 11.9 Å². The zero-order valence-electron chi connectivity index (χ0n) is 9.09. The second-order valence-corrected chi connectivity index (χ2v) is 3.91. The molecule has 1 aliphatic rings. The predicted molar refractivity (Wildman–Crippen MR) is 58.1 cm³/mol. The molecule has 1 heterocycles. The third kappa shape index (κ3) is 4.80. The van der Waals surface area contributed by atoms with E-state index >= 15 is 0 Å². The van der Waals surface area contributed by atoms with Crippen LogP contribution in [0.25, 0.3) is 0 Å². The molecule has 4 nitrogen and oxygen atoms in total. The van der Waals surface area contributed by atoms with Crippen molar-refractivity contribution in [3.8, 4) is 6.07 Å². The van der Waals surface area contributed by atoms with Crippen LogP contribution in [0.3, 0.4) is 0 Å². The number of amides is 1. The van der Waals surface area contributed by atoms with E-state index in [2.05, 4.69) is 16.7 Å². The van der Waals surface area contributed by atoms with E-state index in [9.17, 15) is 4.79 Å². The maximum absolute atomic E-state index is 11.6. The average Bonchev–Trinajstić information content (AvgIpc) is 2.30. The van der Waals surface area contributed by atoms with Crippen LogP contribution in [0.1, 0.15) is 38.5 Å². The molecule has 0 saturated carbocycles. The van der Waals surface area contributed by atoms with E-state index in [1.165, 1.54) is 6.42 Å². The number of carbonyl (C=O) groups is 1. The summed E-state index contributed by atoms with van der Waals surface area (Å²) in [4.78, 5) is 11.6. The van der Waals surface area contributed by atoms with E-state index in [1.807, 2.05) is 0 Å². The SMILES string of the molecule is N#CCCCCNC(=O)[C@@H]1CCCCN1. The summed E-state index contributed by atoms with van der Waals surface area (Å²) in [7, 11) is 0. The largest absolute Gasteiger partial charge is 0.355 e. The van der Waals surface area contributed by atoms with Gasteiger partial charge in [-0.2, -0.15) is 5.26 Å². The molecule has 84 valence electrons. The summed E-state index contributed by atoms with van der Waals surface area (Å²) in [6, 6.07) is 2.10. The fourth-order valence-electron chi connectivity index (χ4n) is 1.74. The standard InChI is InChI=1S/C11H19N3O/c12-7-3-1-4-9-14-11(15)10-6-2-5-8-13-10/h10,13H,1-6,8-9H2,(H,14,15)/t10-/m0/s1. The Kier molecular flexibility index (Phi) is 5.79. The van der Waals surface area contributed by atoms with Gasteiger partial charge in [-0.05, 0) is 32.2 Å². The van der Waals surface area contributed by atoms with Crippen molar-refractivity contribution in [2.75, 3.05) is 13.1 Å². The van der Waals surface area contributed by atoms with Crippen LogP contribution in [-0.4, -0.2) is 25.0 Å². The number of nitriles is 1. The van der Waals surface area contributed by atoms with Gasteiger partial charge in [-0.15, -0.1) is 0 Å². The summed E-state index contributed by atoms with van der Waals surface area (Å²) in [5, 5.41) is 14.4. The molecule has 1 fully saturated rings. The highest BCUT2D eigenvalue weighted by Gasteiger charge is 2.19. The Balaban J connectivity index is 2.05. The number of unbranched alkanes of at least 4 members (excludes halogenated alkanes) is 2. The number of carbonyl (C=O) groups excluding carboxylic acids is 1. The monoisotopic (exact) mass is 209 g/mol. The first-order chi connectivity index (χ1) is 7.34. The minimum absolute atomic E-state index is 0.00900. The van der Waals surface area contributed by atoms with Crippen LogP contribution < -0.4 is 10.6 Å². The topological polar surface area (TPSA) is 64.9 Å². The van der Waals surface area contributed by atoms with Gasteiger partial charge in [0.2, 0.25) is 5.91 Å². The summed E-state index contributed by atoms with van der Waals surface area (Å²) < 4.78 is 0. The highest BCUT2D eigenvalue weighted by atomic mass is 16.2. The Bertz CT molecular complexity index is 228. The lowest BCUT2D eigenvalue weighted by atomic mass is 10.0. The van der Waals surface area contributed by atoms with Crippen molar-refractivity contribution in [2.45, 2.75) is 44.6 Å². The van der Waals surface area contributed by atoms with E-state index < -0.39 is 0 Å². The van der Waals surface area contributed by atoms with E-state index in [4.69, 9.17) is 5.26 Å². The summed E-state index contributed by atoms with van der Waals surface area (Å²) in [5.74, 6) is 0.117. The second kappa shape index (κ2) is 7.24. The first-order valence-corrected chi connectivity index (χ1v) is 5.72. The highest BCUT2D eigenvalue weighted by molar-refractivity contribution is 5.81. The zero-order valence-corrected chi connectivity index (χ0v) is 9.09. The Hall–Kier alpha value is -1.08. The number of piperidine rings is 1. The number of hydrogen-bond donors (Lipinski definition) is 2. The van der Waals surface area contributed by atoms with Crippen molar-refractivity contribution in [3.63, 3.8) is 0 Å². The fourth-order valence-corrected chi connectivity index (χ4v) is 1.74. The molecular formula is C11H19N3O. The quantitative estimate of drug-likeness (QED) is 0.662. The maximum Gasteiger partial charge on any atom is 0.237 e. The Labute approximate surface area is 91.0 Å². The summed E-state index contributed by atoms with van der Waals surface area (Å²) in [6.07, 6.45) is 5.61. The first kappa shape index (κ1) is 12.0. The Morgan fingerprint density at radius 3 is 3.00 bits per heavy atom. The predicted octanol–water partition coefficient (Wildman–Crippen LogP) is 0.939. The third-order valence-corrected chi connectivity index (χ3v) is 2.64. The molecule has 0 bridgehead atoms. The van der Waals surface area contributed by atoms with Gasteiger partial charge in [0.1, 0.15) is 0 Å². The van der Waals surface area contributed by atoms with Crippen LogP contribution in [0, 0.1) is 11.3 Å². The molecule has 0 aromatic carbocycles. The molecule has 1 amide bonds. The number of nitrogens with zero attached hydrogens (tertiary/aromatic N) is 1. The van der Waals surface area contributed by atoms with Gasteiger partial charge >= 0.3 is 0 Å². The summed E-state index contributed by atoms with van der Waals surface area (Å²) >= 11 is 0. The smallest absolute Gasteiger partial charge is 0.237 e. The lowest BCUT2D eigenvalue weighted by Gasteiger charge is -2.22. The number of hydrogen-bond acceptors (Lipinski definition) is 3. The van der Waals surface area contributed by atoms with Gasteiger partial charge in [-0.25, -0.2) is 0 Å². The molecule has 0 aromatic rings. The minimum Gasteiger partial charge on any atom is -0.355 e. The lowest BCUT2D eigenvalue weighted by molar-refractivity contribution is -0.123. The average molecular weight is 209 g/mol. The maximum atomic E-state index is 11.6. The molecule has 1 aliphatic heterocycles. The third-order valence-electron chi connectivity index (χ3n) is 2.64. The van der Waals surface area contributed by atoms with Gasteiger partial charge in [-0.3, -0.25) is 4.79 Å². The van der Waals surface area contributed by atoms with Crippen molar-refractivity contribution in [1.82, 2.24) is 10.6 Å². The van der Waals surface area contributed by atoms with Crippen LogP contribution >= 0.6 is 0 Å². The van der Waals surface area contributed by atoms with Crippen molar-refractivity contribution in [2.24, 2.45) is 0 Å². The molecule has 0 radical (unpaired) electrons. The van der Waals surface area contributed by atoms with Gasteiger partial charge < -0.3 is 10.6 Å². The summed E-state index contributed by atoms with van der Waals surface area (Å²) in [5.41, 5.74) is 0. The molecule has 0 spiro atoms. The first-order valence-electron chi connectivity index (χ1n) is 5.72. The molecule has 2 N–H and O–H groups in total. The molecule has 15 heavy (non-hydrogen) atoms. The van der Waals surface area contributed by atoms with E-state index in [0.29, 0.717) is 13.0 Å².